The summed E-state index contributed by atoms with van der Waals surface area (Å²) in [5.41, 5.74) is 0. The van der Waals surface area contributed by atoms with E-state index in [-0.39, 0.29) is 23.8 Å². The highest BCUT2D eigenvalue weighted by Gasteiger charge is 2.37. The Bertz CT molecular complexity index is 448. The molecule has 3 fully saturated rings. The summed E-state index contributed by atoms with van der Waals surface area (Å²) >= 11 is 0. The van der Waals surface area contributed by atoms with Crippen LogP contribution < -0.4 is 5.32 Å². The van der Waals surface area contributed by atoms with Crippen molar-refractivity contribution in [2.75, 3.05) is 26.2 Å². The minimum Gasteiger partial charge on any atom is -0.353 e. The van der Waals surface area contributed by atoms with Crippen molar-refractivity contribution in [3.63, 3.8) is 0 Å². The number of piperidine rings is 1. The Morgan fingerprint density at radius 1 is 0.958 bits per heavy atom. The molecular weight excluding hydrogens is 302 g/mol. The van der Waals surface area contributed by atoms with Crippen LogP contribution in [0.25, 0.3) is 0 Å². The lowest BCUT2D eigenvalue weighted by atomic mass is 10.0. The smallest absolute Gasteiger partial charge is 0.242 e. The van der Waals surface area contributed by atoms with E-state index in [9.17, 15) is 9.59 Å². The van der Waals surface area contributed by atoms with Gasteiger partial charge in [-0.2, -0.15) is 0 Å². The molecule has 1 N–H and O–H groups in total. The summed E-state index contributed by atoms with van der Waals surface area (Å²) in [6.07, 6.45) is 9.98. The lowest BCUT2D eigenvalue weighted by Gasteiger charge is -2.33. The molecule has 0 unspecified atom stereocenters. The van der Waals surface area contributed by atoms with Crippen LogP contribution in [0.1, 0.15) is 64.7 Å². The summed E-state index contributed by atoms with van der Waals surface area (Å²) in [6, 6.07) is 0.402. The van der Waals surface area contributed by atoms with Gasteiger partial charge in [0.1, 0.15) is 6.04 Å². The second kappa shape index (κ2) is 8.32. The maximum absolute atomic E-state index is 12.7. The Morgan fingerprint density at radius 3 is 2.46 bits per heavy atom. The molecule has 2 amide bonds. The van der Waals surface area contributed by atoms with E-state index in [0.29, 0.717) is 12.6 Å². The van der Waals surface area contributed by atoms with Crippen molar-refractivity contribution < 1.29 is 9.59 Å². The molecule has 3 rings (SSSR count). The van der Waals surface area contributed by atoms with Gasteiger partial charge in [0.15, 0.2) is 0 Å². The molecule has 1 aliphatic carbocycles. The molecule has 0 aromatic carbocycles. The summed E-state index contributed by atoms with van der Waals surface area (Å²) in [4.78, 5) is 29.6. The van der Waals surface area contributed by atoms with Crippen LogP contribution in [0, 0.1) is 5.92 Å². The Balaban J connectivity index is 1.45. The first-order valence-electron chi connectivity index (χ1n) is 9.99. The molecule has 0 bridgehead atoms. The Kier molecular flexibility index (Phi) is 6.14. The van der Waals surface area contributed by atoms with E-state index in [1.54, 1.807) is 0 Å². The summed E-state index contributed by atoms with van der Waals surface area (Å²) in [7, 11) is 0. The number of hydrogen-bond acceptors (Lipinski definition) is 3. The summed E-state index contributed by atoms with van der Waals surface area (Å²) in [5, 5.41) is 3.09. The maximum Gasteiger partial charge on any atom is 0.242 e. The lowest BCUT2D eigenvalue weighted by molar-refractivity contribution is -0.141. The molecule has 2 saturated heterocycles. The van der Waals surface area contributed by atoms with Crippen molar-refractivity contribution in [3.8, 4) is 0 Å². The number of nitrogens with zero attached hydrogens (tertiary/aromatic N) is 2. The first-order chi connectivity index (χ1) is 11.7. The number of rotatable bonds is 5. The highest BCUT2D eigenvalue weighted by molar-refractivity contribution is 5.89. The SMILES string of the molecule is C[C@H]1CCCCN1CCNC(=O)[C@H]1CCCN1C(=O)C1CCCC1. The topological polar surface area (TPSA) is 52.7 Å². The number of amides is 2. The summed E-state index contributed by atoms with van der Waals surface area (Å²) in [6.45, 7) is 5.81. The van der Waals surface area contributed by atoms with E-state index in [0.717, 1.165) is 58.2 Å². The molecule has 0 aromatic heterocycles. The van der Waals surface area contributed by atoms with Gasteiger partial charge in [-0.3, -0.25) is 14.5 Å². The number of likely N-dealkylation sites (tertiary alicyclic amines) is 2. The van der Waals surface area contributed by atoms with Crippen LogP contribution in [-0.4, -0.2) is 59.9 Å². The van der Waals surface area contributed by atoms with E-state index in [1.807, 2.05) is 4.90 Å². The molecule has 0 radical (unpaired) electrons. The van der Waals surface area contributed by atoms with Crippen LogP contribution in [0.2, 0.25) is 0 Å². The van der Waals surface area contributed by atoms with Gasteiger partial charge in [0, 0.05) is 31.6 Å². The average Bonchev–Trinajstić information content (AvgIpc) is 3.27. The van der Waals surface area contributed by atoms with Crippen LogP contribution in [0.15, 0.2) is 0 Å². The molecule has 1 saturated carbocycles. The van der Waals surface area contributed by atoms with E-state index in [1.165, 1.54) is 19.3 Å². The highest BCUT2D eigenvalue weighted by atomic mass is 16.2. The van der Waals surface area contributed by atoms with Crippen molar-refractivity contribution in [2.24, 2.45) is 5.92 Å². The van der Waals surface area contributed by atoms with E-state index < -0.39 is 0 Å². The second-order valence-electron chi connectivity index (χ2n) is 7.84. The van der Waals surface area contributed by atoms with Crippen molar-refractivity contribution >= 4 is 11.8 Å². The molecule has 24 heavy (non-hydrogen) atoms. The van der Waals surface area contributed by atoms with Crippen molar-refractivity contribution in [3.05, 3.63) is 0 Å². The quantitative estimate of drug-likeness (QED) is 0.838. The first-order valence-corrected chi connectivity index (χ1v) is 9.99. The number of hydrogen-bond donors (Lipinski definition) is 1. The normalized spacial score (nSPS) is 29.1. The van der Waals surface area contributed by atoms with Gasteiger partial charge in [-0.1, -0.05) is 19.3 Å². The fourth-order valence-corrected chi connectivity index (χ4v) is 4.64. The molecule has 136 valence electrons. The van der Waals surface area contributed by atoms with Crippen LogP contribution in [0.4, 0.5) is 0 Å². The van der Waals surface area contributed by atoms with Gasteiger partial charge in [0.05, 0.1) is 0 Å². The van der Waals surface area contributed by atoms with Gasteiger partial charge in [-0.25, -0.2) is 0 Å². The molecule has 2 aliphatic heterocycles. The fourth-order valence-electron chi connectivity index (χ4n) is 4.64. The molecule has 5 nitrogen and oxygen atoms in total. The Hall–Kier alpha value is -1.10. The maximum atomic E-state index is 12.7. The fraction of sp³-hybridized carbons (Fsp3) is 0.895. The predicted molar refractivity (Wildman–Crippen MR) is 94.6 cm³/mol. The molecule has 2 atom stereocenters. The van der Waals surface area contributed by atoms with Gasteiger partial charge < -0.3 is 10.2 Å². The van der Waals surface area contributed by atoms with Gasteiger partial charge in [0.2, 0.25) is 11.8 Å². The minimum absolute atomic E-state index is 0.0588. The third kappa shape index (κ3) is 4.11. The van der Waals surface area contributed by atoms with Crippen molar-refractivity contribution in [2.45, 2.75) is 76.8 Å². The Labute approximate surface area is 146 Å². The van der Waals surface area contributed by atoms with E-state index >= 15 is 0 Å². The molecule has 0 aromatic rings. The average molecular weight is 335 g/mol. The first kappa shape index (κ1) is 17.7. The van der Waals surface area contributed by atoms with Crippen LogP contribution in [0.3, 0.4) is 0 Å². The monoisotopic (exact) mass is 335 g/mol. The van der Waals surface area contributed by atoms with Crippen LogP contribution >= 0.6 is 0 Å². The van der Waals surface area contributed by atoms with Crippen molar-refractivity contribution in [1.82, 2.24) is 15.1 Å². The number of nitrogens with one attached hydrogen (secondary N) is 1. The molecule has 0 spiro atoms. The zero-order chi connectivity index (χ0) is 16.9. The van der Waals surface area contributed by atoms with Gasteiger partial charge in [-0.05, 0) is 52.0 Å². The van der Waals surface area contributed by atoms with Gasteiger partial charge >= 0.3 is 0 Å². The third-order valence-corrected chi connectivity index (χ3v) is 6.18. The highest BCUT2D eigenvalue weighted by Crippen LogP contribution is 2.29. The van der Waals surface area contributed by atoms with Gasteiger partial charge in [0.25, 0.3) is 0 Å². The summed E-state index contributed by atoms with van der Waals surface area (Å²) in [5.74, 6) is 0.464. The largest absolute Gasteiger partial charge is 0.353 e. The second-order valence-corrected chi connectivity index (χ2v) is 7.84. The standard InChI is InChI=1S/C19H33N3O2/c1-15-7-4-5-12-21(15)14-11-20-18(23)17-10-6-13-22(17)19(24)16-8-2-3-9-16/h15-17H,2-14H2,1H3,(H,20,23)/t15-,17+/m0/s1. The zero-order valence-corrected chi connectivity index (χ0v) is 15.1. The molecule has 3 aliphatic rings. The number of carbonyl (C=O) groups is 2. The lowest BCUT2D eigenvalue weighted by Crippen LogP contribution is -2.49. The van der Waals surface area contributed by atoms with Gasteiger partial charge in [-0.15, -0.1) is 0 Å². The van der Waals surface area contributed by atoms with Crippen LogP contribution in [0.5, 0.6) is 0 Å². The number of carbonyl (C=O) groups excluding carboxylic acids is 2. The zero-order valence-electron chi connectivity index (χ0n) is 15.1. The molecular formula is C19H33N3O2. The van der Waals surface area contributed by atoms with E-state index in [2.05, 4.69) is 17.1 Å². The van der Waals surface area contributed by atoms with Crippen molar-refractivity contribution in [1.29, 1.82) is 0 Å². The molecule has 5 heteroatoms. The third-order valence-electron chi connectivity index (χ3n) is 6.18. The minimum atomic E-state index is -0.225. The van der Waals surface area contributed by atoms with Crippen LogP contribution in [-0.2, 0) is 9.59 Å². The predicted octanol–water partition coefficient (Wildman–Crippen LogP) is 2.16. The Morgan fingerprint density at radius 2 is 1.71 bits per heavy atom. The summed E-state index contributed by atoms with van der Waals surface area (Å²) < 4.78 is 0. The van der Waals surface area contributed by atoms with E-state index in [4.69, 9.17) is 0 Å². The molecule has 2 heterocycles.